The molecule has 0 spiro atoms. The fourth-order valence-electron chi connectivity index (χ4n) is 4.72. The van der Waals surface area contributed by atoms with E-state index in [1.54, 1.807) is 37.6 Å². The number of carbonyl (C=O) groups is 4. The van der Waals surface area contributed by atoms with Gasteiger partial charge in [-0.05, 0) is 30.4 Å². The fraction of sp³-hybridized carbons (Fsp3) is 0.552. The van der Waals surface area contributed by atoms with E-state index in [0.717, 1.165) is 21.7 Å². The predicted octanol–water partition coefficient (Wildman–Crippen LogP) is 2.29. The molecule has 1 aromatic heterocycles. The normalized spacial score (nSPS) is 18.3. The van der Waals surface area contributed by atoms with Gasteiger partial charge < -0.3 is 35.8 Å². The molecule has 0 aliphatic carbocycles. The Morgan fingerprint density at radius 3 is 2.45 bits per heavy atom. The van der Waals surface area contributed by atoms with Crippen molar-refractivity contribution in [3.8, 4) is 10.4 Å². The first kappa shape index (κ1) is 33.0. The number of nitrogens with one attached hydrogen (secondary N) is 2. The molecule has 1 fully saturated rings. The SMILES string of the molecule is Cc1ncsc1-c1ccc([C@H](C)NC(=O)[C@@H]2C[C@@H](O)CN2C(=O)[C@@H](NC(=O)COCCCOC(N)=O)C(C)(C)C)cc1. The molecule has 1 aromatic carbocycles. The van der Waals surface area contributed by atoms with Crippen LogP contribution >= 0.6 is 11.3 Å². The molecule has 0 saturated carbocycles. The second-order valence-electron chi connectivity index (χ2n) is 11.5. The number of β-amino-alcohol motifs (C(OH)–C–C–N with tert-alkyl or cyclic N) is 1. The number of aryl methyl sites for hydroxylation is 1. The van der Waals surface area contributed by atoms with Gasteiger partial charge in [-0.3, -0.25) is 14.4 Å². The lowest BCUT2D eigenvalue weighted by Gasteiger charge is -2.35. The summed E-state index contributed by atoms with van der Waals surface area (Å²) in [6.45, 7) is 9.13. The van der Waals surface area contributed by atoms with Gasteiger partial charge in [0.15, 0.2) is 0 Å². The van der Waals surface area contributed by atoms with Crippen molar-refractivity contribution in [3.05, 3.63) is 41.0 Å². The van der Waals surface area contributed by atoms with Crippen molar-refractivity contribution < 1.29 is 33.8 Å². The average molecular weight is 604 g/mol. The number of hydrogen-bond donors (Lipinski definition) is 4. The molecule has 13 heteroatoms. The van der Waals surface area contributed by atoms with Gasteiger partial charge in [0.25, 0.3) is 0 Å². The first-order valence-electron chi connectivity index (χ1n) is 13.9. The number of thiazole rings is 1. The number of amides is 4. The van der Waals surface area contributed by atoms with Crippen LogP contribution in [0.2, 0.25) is 0 Å². The third-order valence-corrected chi connectivity index (χ3v) is 7.95. The van der Waals surface area contributed by atoms with Crippen LogP contribution in [0.1, 0.15) is 57.8 Å². The molecule has 4 amide bonds. The summed E-state index contributed by atoms with van der Waals surface area (Å²) < 4.78 is 9.93. The standard InChI is InChI=1S/C29H41N5O7S/c1-17(19-7-9-20(10-8-19)24-18(2)31-16-42-24)32-26(37)22-13-21(35)14-34(22)27(38)25(29(3,4)5)33-23(36)15-40-11-6-12-41-28(30)39/h7-10,16-17,21-22,25,35H,6,11-15H2,1-5H3,(H2,30,39)(H,32,37)(H,33,36)/t17-,21+,22-,25+/m0/s1. The van der Waals surface area contributed by atoms with Gasteiger partial charge in [0.2, 0.25) is 17.7 Å². The molecule has 2 aromatic rings. The van der Waals surface area contributed by atoms with E-state index in [4.69, 9.17) is 10.5 Å². The molecular formula is C29H41N5O7S. The molecule has 2 heterocycles. The molecule has 0 unspecified atom stereocenters. The van der Waals surface area contributed by atoms with Crippen molar-refractivity contribution in [2.24, 2.45) is 11.1 Å². The molecule has 3 rings (SSSR count). The Labute approximate surface area is 250 Å². The summed E-state index contributed by atoms with van der Waals surface area (Å²) in [6, 6.07) is 5.68. The van der Waals surface area contributed by atoms with Crippen LogP contribution in [0.15, 0.2) is 29.8 Å². The van der Waals surface area contributed by atoms with Crippen LogP contribution in [0.5, 0.6) is 0 Å². The number of hydrogen-bond acceptors (Lipinski definition) is 9. The van der Waals surface area contributed by atoms with Crippen molar-refractivity contribution in [2.45, 2.75) is 71.7 Å². The first-order valence-corrected chi connectivity index (χ1v) is 14.7. The summed E-state index contributed by atoms with van der Waals surface area (Å²) in [5, 5.41) is 16.1. The summed E-state index contributed by atoms with van der Waals surface area (Å²) in [7, 11) is 0. The number of primary amides is 1. The number of ether oxygens (including phenoxy) is 2. The minimum absolute atomic E-state index is 0.0208. The Balaban J connectivity index is 1.62. The third kappa shape index (κ3) is 8.97. The van der Waals surface area contributed by atoms with Crippen molar-refractivity contribution in [3.63, 3.8) is 0 Å². The van der Waals surface area contributed by atoms with Crippen LogP contribution in [-0.2, 0) is 23.9 Å². The van der Waals surface area contributed by atoms with Gasteiger partial charge in [0.05, 0.1) is 41.4 Å². The number of carbonyl (C=O) groups excluding carboxylic acids is 4. The summed E-state index contributed by atoms with van der Waals surface area (Å²) in [5.41, 5.74) is 8.92. The Hall–Kier alpha value is -3.55. The molecule has 0 radical (unpaired) electrons. The van der Waals surface area contributed by atoms with E-state index in [9.17, 15) is 24.3 Å². The predicted molar refractivity (Wildman–Crippen MR) is 157 cm³/mol. The molecular weight excluding hydrogens is 562 g/mol. The number of nitrogens with two attached hydrogens (primary N) is 1. The average Bonchev–Trinajstić information content (AvgIpc) is 3.53. The number of nitrogens with zero attached hydrogens (tertiary/aromatic N) is 2. The maximum absolute atomic E-state index is 13.7. The van der Waals surface area contributed by atoms with Gasteiger partial charge in [0.1, 0.15) is 18.7 Å². The molecule has 12 nitrogen and oxygen atoms in total. The quantitative estimate of drug-likeness (QED) is 0.268. The van der Waals surface area contributed by atoms with Crippen molar-refractivity contribution >= 4 is 35.2 Å². The molecule has 1 saturated heterocycles. The van der Waals surface area contributed by atoms with Crippen molar-refractivity contribution in [2.75, 3.05) is 26.4 Å². The highest BCUT2D eigenvalue weighted by Crippen LogP contribution is 2.29. The Morgan fingerprint density at radius 2 is 1.86 bits per heavy atom. The van der Waals surface area contributed by atoms with Crippen molar-refractivity contribution in [1.82, 2.24) is 20.5 Å². The highest BCUT2D eigenvalue weighted by Gasteiger charge is 2.44. The summed E-state index contributed by atoms with van der Waals surface area (Å²) in [4.78, 5) is 57.1. The van der Waals surface area contributed by atoms with E-state index in [2.05, 4.69) is 20.4 Å². The third-order valence-electron chi connectivity index (χ3n) is 6.97. The van der Waals surface area contributed by atoms with Crippen LogP contribution in [0.25, 0.3) is 10.4 Å². The molecule has 1 aliphatic heterocycles. The number of likely N-dealkylation sites (tertiary alicyclic amines) is 1. The van der Waals surface area contributed by atoms with Crippen molar-refractivity contribution in [1.29, 1.82) is 0 Å². The van der Waals surface area contributed by atoms with E-state index < -0.39 is 41.5 Å². The molecule has 230 valence electrons. The molecule has 5 N–H and O–H groups in total. The smallest absolute Gasteiger partial charge is 0.404 e. The topological polar surface area (TPSA) is 173 Å². The van der Waals surface area contributed by atoms with Crippen LogP contribution < -0.4 is 16.4 Å². The van der Waals surface area contributed by atoms with Gasteiger partial charge in [-0.1, -0.05) is 45.0 Å². The van der Waals surface area contributed by atoms with E-state index >= 15 is 0 Å². The zero-order chi connectivity index (χ0) is 31.0. The van der Waals surface area contributed by atoms with Crippen LogP contribution in [0.4, 0.5) is 4.79 Å². The van der Waals surface area contributed by atoms with Gasteiger partial charge in [-0.25, -0.2) is 9.78 Å². The number of aliphatic hydroxyl groups excluding tert-OH is 1. The largest absolute Gasteiger partial charge is 0.450 e. The highest BCUT2D eigenvalue weighted by atomic mass is 32.1. The Morgan fingerprint density at radius 1 is 1.17 bits per heavy atom. The second kappa shape index (κ2) is 14.6. The Bertz CT molecular complexity index is 1240. The maximum Gasteiger partial charge on any atom is 0.404 e. The number of aliphatic hydroxyl groups is 1. The molecule has 42 heavy (non-hydrogen) atoms. The number of aromatic nitrogens is 1. The number of rotatable bonds is 12. The monoisotopic (exact) mass is 603 g/mol. The number of benzene rings is 1. The zero-order valence-corrected chi connectivity index (χ0v) is 25.5. The van der Waals surface area contributed by atoms with E-state index in [1.807, 2.05) is 38.1 Å². The minimum atomic E-state index is -0.965. The lowest BCUT2D eigenvalue weighted by atomic mass is 9.85. The van der Waals surface area contributed by atoms with Gasteiger partial charge in [-0.2, -0.15) is 0 Å². The van der Waals surface area contributed by atoms with Crippen LogP contribution in [0.3, 0.4) is 0 Å². The van der Waals surface area contributed by atoms with Gasteiger partial charge >= 0.3 is 6.09 Å². The second-order valence-corrected chi connectivity index (χ2v) is 12.3. The van der Waals surface area contributed by atoms with Crippen LogP contribution in [0, 0.1) is 12.3 Å². The first-order chi connectivity index (χ1) is 19.8. The summed E-state index contributed by atoms with van der Waals surface area (Å²) in [5.74, 6) is -1.35. The van der Waals surface area contributed by atoms with E-state index in [1.165, 1.54) is 4.90 Å². The Kier molecular flexibility index (Phi) is 11.4. The fourth-order valence-corrected chi connectivity index (χ4v) is 5.53. The molecule has 0 bridgehead atoms. The minimum Gasteiger partial charge on any atom is -0.450 e. The summed E-state index contributed by atoms with van der Waals surface area (Å²) in [6.07, 6.45) is -1.31. The lowest BCUT2D eigenvalue weighted by Crippen LogP contribution is -2.58. The molecule has 1 aliphatic rings. The summed E-state index contributed by atoms with van der Waals surface area (Å²) >= 11 is 1.57. The zero-order valence-electron chi connectivity index (χ0n) is 24.7. The van der Waals surface area contributed by atoms with Crippen LogP contribution in [-0.4, -0.2) is 83.4 Å². The van der Waals surface area contributed by atoms with Gasteiger partial charge in [-0.15, -0.1) is 11.3 Å². The highest BCUT2D eigenvalue weighted by molar-refractivity contribution is 7.13. The van der Waals surface area contributed by atoms with E-state index in [-0.39, 0.29) is 44.7 Å². The van der Waals surface area contributed by atoms with Gasteiger partial charge in [0, 0.05) is 19.4 Å². The molecule has 4 atom stereocenters. The van der Waals surface area contributed by atoms with E-state index in [0.29, 0.717) is 6.42 Å². The lowest BCUT2D eigenvalue weighted by molar-refractivity contribution is -0.144. The maximum atomic E-state index is 13.7.